The fourth-order valence-electron chi connectivity index (χ4n) is 9.42. The second-order valence-electron chi connectivity index (χ2n) is 14.8. The molecule has 4 amide bonds. The molecular weight excluding hydrogens is 852 g/mol. The molecule has 3 aliphatic heterocycles. The van der Waals surface area contributed by atoms with Crippen molar-refractivity contribution in [3.8, 4) is 11.5 Å². The predicted molar refractivity (Wildman–Crippen MR) is 195 cm³/mol. The van der Waals surface area contributed by atoms with E-state index in [1.54, 1.807) is 6.08 Å². The molecule has 3 saturated heterocycles. The highest BCUT2D eigenvalue weighted by atomic mass is 79.9. The van der Waals surface area contributed by atoms with Gasteiger partial charge in [-0.1, -0.05) is 42.0 Å². The van der Waals surface area contributed by atoms with Gasteiger partial charge in [0.2, 0.25) is 17.6 Å². The number of alkyl halides is 2. The van der Waals surface area contributed by atoms with E-state index in [2.05, 4.69) is 20.8 Å². The van der Waals surface area contributed by atoms with Crippen LogP contribution in [0.2, 0.25) is 0 Å². The summed E-state index contributed by atoms with van der Waals surface area (Å²) < 4.78 is 79.3. The number of phenols is 1. The smallest absolute Gasteiger partial charge is 0.258 e. The Labute approximate surface area is 335 Å². The molecule has 3 aromatic carbocycles. The summed E-state index contributed by atoms with van der Waals surface area (Å²) in [6, 6.07) is 12.1. The van der Waals surface area contributed by atoms with Gasteiger partial charge in [0.15, 0.2) is 44.5 Å². The van der Waals surface area contributed by atoms with Gasteiger partial charge in [0.1, 0.15) is 5.69 Å². The Morgan fingerprint density at radius 1 is 0.875 bits per heavy atom. The monoisotopic (exact) mass is 881 g/mol. The van der Waals surface area contributed by atoms with Crippen LogP contribution in [0.1, 0.15) is 42.7 Å². The first kappa shape index (κ1) is 38.8. The molecule has 0 unspecified atom stereocenters. The lowest BCUT2D eigenvalue weighted by Gasteiger charge is -2.50. The Balaban J connectivity index is 1.21. The van der Waals surface area contributed by atoms with Crippen molar-refractivity contribution in [2.45, 2.75) is 53.9 Å². The lowest BCUT2D eigenvalue weighted by Crippen LogP contribution is -2.60. The topological polar surface area (TPSA) is 107 Å². The maximum Gasteiger partial charge on any atom is 0.258 e. The molecule has 3 heterocycles. The van der Waals surface area contributed by atoms with Gasteiger partial charge in [-0.15, -0.1) is 23.2 Å². The van der Waals surface area contributed by atoms with Crippen molar-refractivity contribution in [1.82, 2.24) is 9.80 Å². The molecular formula is C39H31BrCl2F5N3O6. The Morgan fingerprint density at radius 3 is 2.12 bits per heavy atom. The third-order valence-corrected chi connectivity index (χ3v) is 14.0. The summed E-state index contributed by atoms with van der Waals surface area (Å²) in [4.78, 5) is 55.6. The summed E-state index contributed by atoms with van der Waals surface area (Å²) in [6.45, 7) is 1.92. The molecule has 6 atom stereocenters. The zero-order chi connectivity index (χ0) is 40.2. The standard InChI is InChI=1S/C39H31BrCl2F5N3O6/c1-56-24-14-18(13-23(40)33(24)51)26-20-7-8-21-25(35(53)49(34(21)52)19-9-11-48(12-10-19)16-17-5-3-2-4-6-17)22(20)15-38(41)36(54)50(37(55)39(26,38)42)32-30(46)28(44)27(43)29(45)31(32)47/h2-7,13-14,19,21-22,25-26,51H,8-12,15-16H2,1H3/t21-,22+,25-,26-,38+,39-/m0/s1. The van der Waals surface area contributed by atoms with Crippen LogP contribution in [0.3, 0.4) is 0 Å². The number of carbonyl (C=O) groups is 4. The number of allylic oxidation sites excluding steroid dienone is 2. The first-order valence-corrected chi connectivity index (χ1v) is 19.3. The summed E-state index contributed by atoms with van der Waals surface area (Å²) in [7, 11) is 1.24. The van der Waals surface area contributed by atoms with Gasteiger partial charge >= 0.3 is 0 Å². The number of likely N-dealkylation sites (tertiary alicyclic amines) is 2. The van der Waals surface area contributed by atoms with Crippen LogP contribution in [0.4, 0.5) is 27.6 Å². The van der Waals surface area contributed by atoms with Crippen molar-refractivity contribution in [2.24, 2.45) is 17.8 Å². The first-order valence-electron chi connectivity index (χ1n) is 17.7. The van der Waals surface area contributed by atoms with E-state index in [0.717, 1.165) is 5.56 Å². The molecule has 17 heteroatoms. The van der Waals surface area contributed by atoms with Crippen LogP contribution in [0.25, 0.3) is 0 Å². The second kappa shape index (κ2) is 13.8. The van der Waals surface area contributed by atoms with Gasteiger partial charge in [-0.25, -0.2) is 26.9 Å². The van der Waals surface area contributed by atoms with Crippen molar-refractivity contribution in [3.05, 3.63) is 98.8 Å². The van der Waals surface area contributed by atoms with Gasteiger partial charge in [-0.3, -0.25) is 29.0 Å². The molecule has 9 nitrogen and oxygen atoms in total. The molecule has 0 radical (unpaired) electrons. The van der Waals surface area contributed by atoms with E-state index < -0.39 is 104 Å². The number of hydrogen-bond donors (Lipinski definition) is 1. The van der Waals surface area contributed by atoms with Gasteiger partial charge in [0.05, 0.1) is 23.4 Å². The Hall–Kier alpha value is -4.05. The van der Waals surface area contributed by atoms with Crippen LogP contribution in [-0.2, 0) is 25.7 Å². The van der Waals surface area contributed by atoms with E-state index in [1.807, 2.05) is 30.3 Å². The fourth-order valence-corrected chi connectivity index (χ4v) is 10.8. The quantitative estimate of drug-likeness (QED) is 0.0705. The highest BCUT2D eigenvalue weighted by molar-refractivity contribution is 9.10. The number of rotatable bonds is 6. The third-order valence-electron chi connectivity index (χ3n) is 12.0. The number of anilines is 1. The molecule has 294 valence electrons. The highest BCUT2D eigenvalue weighted by Gasteiger charge is 2.77. The van der Waals surface area contributed by atoms with E-state index in [9.17, 15) is 37.5 Å². The minimum atomic E-state index is -2.71. The zero-order valence-corrected chi connectivity index (χ0v) is 32.4. The lowest BCUT2D eigenvalue weighted by molar-refractivity contribution is -0.144. The van der Waals surface area contributed by atoms with Gasteiger partial charge in [-0.05, 0) is 70.8 Å². The number of ether oxygens (including phenoxy) is 1. The van der Waals surface area contributed by atoms with Crippen LogP contribution in [0, 0.1) is 46.8 Å². The number of imide groups is 2. The summed E-state index contributed by atoms with van der Waals surface area (Å²) in [5, 5.41) is 10.7. The number of halogens is 8. The number of amides is 4. The summed E-state index contributed by atoms with van der Waals surface area (Å²) >= 11 is 17.7. The second-order valence-corrected chi connectivity index (χ2v) is 16.9. The predicted octanol–water partition coefficient (Wildman–Crippen LogP) is 7.09. The van der Waals surface area contributed by atoms with Crippen LogP contribution in [0.15, 0.2) is 58.6 Å². The van der Waals surface area contributed by atoms with Gasteiger partial charge in [0.25, 0.3) is 11.8 Å². The molecule has 1 saturated carbocycles. The minimum absolute atomic E-state index is 0.0169. The molecule has 0 aromatic heterocycles. The van der Waals surface area contributed by atoms with E-state index in [4.69, 9.17) is 27.9 Å². The number of nitrogens with zero attached hydrogens (tertiary/aromatic N) is 3. The van der Waals surface area contributed by atoms with Gasteiger partial charge < -0.3 is 9.84 Å². The van der Waals surface area contributed by atoms with E-state index in [1.165, 1.54) is 24.1 Å². The van der Waals surface area contributed by atoms with Crippen molar-refractivity contribution < 1.29 is 51.0 Å². The van der Waals surface area contributed by atoms with Crippen molar-refractivity contribution in [3.63, 3.8) is 0 Å². The molecule has 8 rings (SSSR count). The number of piperidine rings is 1. The summed E-state index contributed by atoms with van der Waals surface area (Å²) in [5.74, 6) is -21.4. The summed E-state index contributed by atoms with van der Waals surface area (Å²) in [6.07, 6.45) is 2.04. The molecule has 4 fully saturated rings. The number of benzene rings is 3. The average Bonchev–Trinajstić information content (AvgIpc) is 3.52. The molecule has 1 N–H and O–H groups in total. The number of methoxy groups -OCH3 is 1. The number of fused-ring (bicyclic) bond motifs is 4. The molecule has 2 aliphatic carbocycles. The number of carbonyl (C=O) groups excluding carboxylic acids is 4. The molecule has 56 heavy (non-hydrogen) atoms. The first-order chi connectivity index (χ1) is 26.6. The lowest BCUT2D eigenvalue weighted by atomic mass is 9.56. The molecule has 5 aliphatic rings. The fraction of sp³-hybridized carbons (Fsp3) is 0.385. The largest absolute Gasteiger partial charge is 0.503 e. The SMILES string of the molecule is COc1cc([C@H]2C3=CC[C@@H]4C(=O)N(C5CCN(Cc6ccccc6)CC5)C(=O)[C@@H]4[C@@H]3C[C@@]3(Cl)C(=O)N(c4c(F)c(F)c(F)c(F)c4F)C(=O)[C@@]23Cl)cc(Br)c1O. The van der Waals surface area contributed by atoms with Crippen molar-refractivity contribution in [1.29, 1.82) is 0 Å². The average molecular weight is 883 g/mol. The maximum absolute atomic E-state index is 15.4. The van der Waals surface area contributed by atoms with E-state index in [0.29, 0.717) is 38.0 Å². The molecule has 0 bridgehead atoms. The van der Waals surface area contributed by atoms with Crippen LogP contribution in [-0.4, -0.2) is 74.5 Å². The minimum Gasteiger partial charge on any atom is -0.503 e. The third kappa shape index (κ3) is 5.39. The van der Waals surface area contributed by atoms with Crippen molar-refractivity contribution >= 4 is 68.4 Å². The Kier molecular flexibility index (Phi) is 9.57. The highest BCUT2D eigenvalue weighted by Crippen LogP contribution is 2.66. The Bertz CT molecular complexity index is 2230. The maximum atomic E-state index is 15.4. The number of aromatic hydroxyl groups is 1. The van der Waals surface area contributed by atoms with Crippen molar-refractivity contribution in [2.75, 3.05) is 25.1 Å². The summed E-state index contributed by atoms with van der Waals surface area (Å²) in [5.41, 5.74) is -0.363. The van der Waals surface area contributed by atoms with Gasteiger partial charge in [0, 0.05) is 31.6 Å². The van der Waals surface area contributed by atoms with Crippen LogP contribution in [0.5, 0.6) is 11.5 Å². The normalized spacial score (nSPS) is 29.4. The zero-order valence-electron chi connectivity index (χ0n) is 29.3. The number of hydrogen-bond acceptors (Lipinski definition) is 7. The van der Waals surface area contributed by atoms with Gasteiger partial charge in [-0.2, -0.15) is 0 Å². The van der Waals surface area contributed by atoms with E-state index >= 15 is 8.78 Å². The molecule has 3 aromatic rings. The Morgan fingerprint density at radius 2 is 1.50 bits per heavy atom. The van der Waals surface area contributed by atoms with Crippen LogP contribution >= 0.6 is 39.1 Å². The van der Waals surface area contributed by atoms with Crippen LogP contribution < -0.4 is 9.64 Å². The number of phenolic OH excluding ortho intramolecular Hbond substituents is 1. The van der Waals surface area contributed by atoms with E-state index in [-0.39, 0.29) is 32.9 Å². The molecule has 0 spiro atoms.